The van der Waals surface area contributed by atoms with Crippen LogP contribution in [0.25, 0.3) is 11.0 Å². The van der Waals surface area contributed by atoms with Gasteiger partial charge in [-0.05, 0) is 42.3 Å². The highest BCUT2D eigenvalue weighted by Gasteiger charge is 2.13. The number of fused-ring (bicyclic) bond motifs is 1. The Balaban J connectivity index is 1.82. The Hall–Kier alpha value is -2.53. The Morgan fingerprint density at radius 2 is 1.81 bits per heavy atom. The number of benzene rings is 2. The van der Waals surface area contributed by atoms with Gasteiger partial charge in [-0.2, -0.15) is 0 Å². The minimum absolute atomic E-state index is 0.158. The summed E-state index contributed by atoms with van der Waals surface area (Å²) in [5.41, 5.74) is 2.81. The lowest BCUT2D eigenvalue weighted by Gasteiger charge is -2.15. The quantitative estimate of drug-likeness (QED) is 0.687. The van der Waals surface area contributed by atoms with Crippen molar-refractivity contribution < 1.29 is 9.84 Å². The number of aryl methyl sites for hydroxylation is 1. The third-order valence-corrected chi connectivity index (χ3v) is 3.41. The number of hydrogen-bond acceptors (Lipinski definition) is 3. The van der Waals surface area contributed by atoms with E-state index in [0.29, 0.717) is 11.3 Å². The first kappa shape index (κ1) is 13.5. The second kappa shape index (κ2) is 5.46. The zero-order chi connectivity index (χ0) is 14.8. The number of aliphatic hydroxyl groups excluding tert-OH is 1. The zero-order valence-corrected chi connectivity index (χ0v) is 11.6. The number of aliphatic hydroxyl groups is 1. The van der Waals surface area contributed by atoms with E-state index >= 15 is 0 Å². The fourth-order valence-corrected chi connectivity index (χ4v) is 2.35. The largest absolute Gasteiger partial charge is 0.491 e. The van der Waals surface area contributed by atoms with E-state index in [1.807, 2.05) is 43.3 Å². The molecule has 0 radical (unpaired) electrons. The van der Waals surface area contributed by atoms with Crippen molar-refractivity contribution in [2.45, 2.75) is 13.0 Å². The number of aromatic nitrogens is 2. The molecule has 0 spiro atoms. The number of H-pyrrole nitrogens is 2. The summed E-state index contributed by atoms with van der Waals surface area (Å²) in [6, 6.07) is 13.0. The molecule has 0 saturated heterocycles. The Labute approximate surface area is 121 Å². The molecule has 0 aliphatic carbocycles. The third-order valence-electron chi connectivity index (χ3n) is 3.41. The van der Waals surface area contributed by atoms with Crippen molar-refractivity contribution in [3.8, 4) is 5.75 Å². The van der Waals surface area contributed by atoms with E-state index in [9.17, 15) is 9.90 Å². The number of nitrogens with one attached hydrogen (secondary N) is 2. The minimum atomic E-state index is -0.756. The van der Waals surface area contributed by atoms with E-state index in [4.69, 9.17) is 4.74 Å². The van der Waals surface area contributed by atoms with Gasteiger partial charge in [-0.25, -0.2) is 4.79 Å². The van der Waals surface area contributed by atoms with Gasteiger partial charge in [-0.3, -0.25) is 0 Å². The van der Waals surface area contributed by atoms with Crippen LogP contribution >= 0.6 is 0 Å². The van der Waals surface area contributed by atoms with Gasteiger partial charge in [-0.1, -0.05) is 18.2 Å². The summed E-state index contributed by atoms with van der Waals surface area (Å²) in [4.78, 5) is 16.7. The molecule has 0 fully saturated rings. The van der Waals surface area contributed by atoms with Crippen LogP contribution < -0.4 is 10.4 Å². The predicted molar refractivity (Wildman–Crippen MR) is 80.6 cm³/mol. The molecular weight excluding hydrogens is 268 g/mol. The molecule has 2 aromatic carbocycles. The molecule has 5 heteroatoms. The van der Waals surface area contributed by atoms with Crippen LogP contribution in [0.3, 0.4) is 0 Å². The third kappa shape index (κ3) is 2.83. The second-order valence-corrected chi connectivity index (χ2v) is 4.97. The summed E-state index contributed by atoms with van der Waals surface area (Å²) in [5.74, 6) is 0.713. The van der Waals surface area contributed by atoms with E-state index in [-0.39, 0.29) is 12.3 Å². The Morgan fingerprint density at radius 3 is 2.52 bits per heavy atom. The summed E-state index contributed by atoms with van der Waals surface area (Å²) < 4.78 is 5.56. The lowest BCUT2D eigenvalue weighted by atomic mass is 10.0. The van der Waals surface area contributed by atoms with Gasteiger partial charge < -0.3 is 19.8 Å². The summed E-state index contributed by atoms with van der Waals surface area (Å²) in [6.45, 7) is 2.05. The standard InChI is InChI=1S/C16H16N2O3/c1-10-7-13-14(18-16(20)17-13)8-12(10)15(19)9-21-11-5-3-2-4-6-11/h2-8,15,19H,9H2,1H3,(H2,17,18,20). The molecule has 3 aromatic rings. The molecule has 0 amide bonds. The lowest BCUT2D eigenvalue weighted by molar-refractivity contribution is 0.108. The minimum Gasteiger partial charge on any atom is -0.491 e. The van der Waals surface area contributed by atoms with Crippen molar-refractivity contribution in [3.05, 3.63) is 64.1 Å². The van der Waals surface area contributed by atoms with Gasteiger partial charge in [0, 0.05) is 0 Å². The molecule has 1 aromatic heterocycles. The van der Waals surface area contributed by atoms with Gasteiger partial charge >= 0.3 is 5.69 Å². The average molecular weight is 284 g/mol. The number of imidazole rings is 1. The molecule has 0 aliphatic rings. The molecular formula is C16H16N2O3. The fraction of sp³-hybridized carbons (Fsp3) is 0.188. The van der Waals surface area contributed by atoms with E-state index < -0.39 is 6.10 Å². The summed E-state index contributed by atoms with van der Waals surface area (Å²) in [6.07, 6.45) is -0.756. The number of ether oxygens (including phenoxy) is 1. The summed E-state index contributed by atoms with van der Waals surface area (Å²) >= 11 is 0. The molecule has 5 nitrogen and oxygen atoms in total. The number of hydrogen-bond donors (Lipinski definition) is 3. The molecule has 3 rings (SSSR count). The van der Waals surface area contributed by atoms with Crippen LogP contribution in [0.1, 0.15) is 17.2 Å². The molecule has 0 bridgehead atoms. The van der Waals surface area contributed by atoms with Gasteiger partial charge in [0.2, 0.25) is 0 Å². The van der Waals surface area contributed by atoms with Gasteiger partial charge in [-0.15, -0.1) is 0 Å². The van der Waals surface area contributed by atoms with Gasteiger partial charge in [0.05, 0.1) is 11.0 Å². The smallest absolute Gasteiger partial charge is 0.323 e. The van der Waals surface area contributed by atoms with Crippen LogP contribution in [-0.4, -0.2) is 21.7 Å². The van der Waals surface area contributed by atoms with Gasteiger partial charge in [0.25, 0.3) is 0 Å². The molecule has 1 heterocycles. The first-order valence-corrected chi connectivity index (χ1v) is 6.72. The maximum Gasteiger partial charge on any atom is 0.323 e. The molecule has 108 valence electrons. The van der Waals surface area contributed by atoms with Crippen LogP contribution in [0.2, 0.25) is 0 Å². The van der Waals surface area contributed by atoms with Crippen LogP contribution in [-0.2, 0) is 0 Å². The SMILES string of the molecule is Cc1cc2[nH]c(=O)[nH]c2cc1C(O)COc1ccccc1. The number of para-hydroxylation sites is 1. The number of aromatic amines is 2. The van der Waals surface area contributed by atoms with E-state index in [0.717, 1.165) is 16.6 Å². The zero-order valence-electron chi connectivity index (χ0n) is 11.6. The lowest BCUT2D eigenvalue weighted by Crippen LogP contribution is -2.11. The number of rotatable bonds is 4. The van der Waals surface area contributed by atoms with Crippen LogP contribution in [0.15, 0.2) is 47.3 Å². The van der Waals surface area contributed by atoms with Crippen LogP contribution in [0.4, 0.5) is 0 Å². The van der Waals surface area contributed by atoms with E-state index in [1.165, 1.54) is 0 Å². The van der Waals surface area contributed by atoms with Crippen molar-refractivity contribution in [2.24, 2.45) is 0 Å². The first-order valence-electron chi connectivity index (χ1n) is 6.72. The van der Waals surface area contributed by atoms with Crippen molar-refractivity contribution in [2.75, 3.05) is 6.61 Å². The highest BCUT2D eigenvalue weighted by atomic mass is 16.5. The van der Waals surface area contributed by atoms with Crippen LogP contribution in [0.5, 0.6) is 5.75 Å². The first-order chi connectivity index (χ1) is 10.1. The normalized spacial score (nSPS) is 12.5. The fourth-order valence-electron chi connectivity index (χ4n) is 2.35. The molecule has 0 aliphatic heterocycles. The van der Waals surface area contributed by atoms with Gasteiger partial charge in [0.15, 0.2) is 0 Å². The Bertz CT molecular complexity index is 805. The molecule has 1 unspecified atom stereocenters. The maximum atomic E-state index is 11.3. The van der Waals surface area contributed by atoms with Gasteiger partial charge in [0.1, 0.15) is 18.5 Å². The molecule has 3 N–H and O–H groups in total. The van der Waals surface area contributed by atoms with Crippen molar-refractivity contribution in [3.63, 3.8) is 0 Å². The van der Waals surface area contributed by atoms with Crippen molar-refractivity contribution >= 4 is 11.0 Å². The average Bonchev–Trinajstić information content (AvgIpc) is 2.84. The summed E-state index contributed by atoms with van der Waals surface area (Å²) in [5, 5.41) is 10.3. The monoisotopic (exact) mass is 284 g/mol. The highest BCUT2D eigenvalue weighted by Crippen LogP contribution is 2.23. The topological polar surface area (TPSA) is 78.1 Å². The van der Waals surface area contributed by atoms with Crippen LogP contribution in [0, 0.1) is 6.92 Å². The maximum absolute atomic E-state index is 11.3. The highest BCUT2D eigenvalue weighted by molar-refractivity contribution is 5.76. The predicted octanol–water partition coefficient (Wildman–Crippen LogP) is 2.28. The van der Waals surface area contributed by atoms with E-state index in [1.54, 1.807) is 6.07 Å². The van der Waals surface area contributed by atoms with Crippen molar-refractivity contribution in [1.82, 2.24) is 9.97 Å². The second-order valence-electron chi connectivity index (χ2n) is 4.97. The Kier molecular flexibility index (Phi) is 3.50. The molecule has 1 atom stereocenters. The summed E-state index contributed by atoms with van der Waals surface area (Å²) in [7, 11) is 0. The van der Waals surface area contributed by atoms with Crippen molar-refractivity contribution in [1.29, 1.82) is 0 Å². The van der Waals surface area contributed by atoms with E-state index in [2.05, 4.69) is 9.97 Å². The molecule has 0 saturated carbocycles. The Morgan fingerprint density at radius 1 is 1.14 bits per heavy atom. The molecule has 21 heavy (non-hydrogen) atoms.